The summed E-state index contributed by atoms with van der Waals surface area (Å²) in [5.74, 6) is 0. The van der Waals surface area contributed by atoms with Gasteiger partial charge in [0, 0.05) is 0 Å². The van der Waals surface area contributed by atoms with Crippen LogP contribution in [0.4, 0.5) is 0 Å². The third kappa shape index (κ3) is 1.63. The molecule has 2 heteroatoms. The first-order chi connectivity index (χ1) is 3.80. The minimum absolute atomic E-state index is 1.27. The Balaban J connectivity index is 2.60. The Morgan fingerprint density at radius 2 is 1.25 bits per heavy atom. The fourth-order valence-electron chi connectivity index (χ4n) is 0.850. The van der Waals surface area contributed by atoms with Crippen molar-refractivity contribution in [1.82, 2.24) is 0 Å². The number of hydrogen-bond donors (Lipinski definition) is 0. The maximum atomic E-state index is 3.08. The molecule has 0 aromatic rings. The zero-order valence-electron chi connectivity index (χ0n) is 4.64. The van der Waals surface area contributed by atoms with Crippen molar-refractivity contribution < 1.29 is 0 Å². The molecule has 0 atom stereocenters. The molecule has 0 aromatic carbocycles. The second-order valence-corrected chi connectivity index (χ2v) is 4.12. The Morgan fingerprint density at radius 1 is 0.875 bits per heavy atom. The average molecular weight is 238 g/mol. The Bertz CT molecular complexity index is 102. The Kier molecular flexibility index (Phi) is 2.65. The topological polar surface area (TPSA) is 0 Å². The van der Waals surface area contributed by atoms with Gasteiger partial charge in [-0.2, -0.15) is 0 Å². The van der Waals surface area contributed by atoms with E-state index in [1.54, 1.807) is 0 Å². The molecule has 0 N–H and O–H groups in total. The van der Waals surface area contributed by atoms with Crippen LogP contribution in [-0.4, -0.2) is 32.0 Å². The van der Waals surface area contributed by atoms with E-state index in [-0.39, 0.29) is 0 Å². The van der Waals surface area contributed by atoms with E-state index in [0.717, 1.165) is 0 Å². The van der Waals surface area contributed by atoms with Crippen molar-refractivity contribution in [2.24, 2.45) is 0 Å². The van der Waals surface area contributed by atoms with E-state index in [2.05, 4.69) is 32.0 Å². The number of allylic oxidation sites excluding steroid dienone is 2. The molecule has 1 aliphatic rings. The summed E-state index contributed by atoms with van der Waals surface area (Å²) in [6.07, 6.45) is 5.27. The molecule has 0 heterocycles. The monoisotopic (exact) mass is 240 g/mol. The summed E-state index contributed by atoms with van der Waals surface area (Å²) in [6, 6.07) is 0. The maximum absolute atomic E-state index is 3.08. The minimum atomic E-state index is 1.27. The molecule has 1 aliphatic carbocycles. The third-order valence-corrected chi connectivity index (χ3v) is 3.91. The first-order valence-electron chi connectivity index (χ1n) is 2.87. The van der Waals surface area contributed by atoms with Gasteiger partial charge in [-0.1, -0.05) is 0 Å². The van der Waals surface area contributed by atoms with Crippen LogP contribution in [0.25, 0.3) is 0 Å². The van der Waals surface area contributed by atoms with E-state index >= 15 is 0 Å². The van der Waals surface area contributed by atoms with E-state index < -0.39 is 0 Å². The molecule has 0 nitrogen and oxygen atoms in total. The summed E-state index contributed by atoms with van der Waals surface area (Å²) in [4.78, 5) is 0. The zero-order valence-corrected chi connectivity index (χ0v) is 8.07. The molecule has 0 amide bonds. The van der Waals surface area contributed by atoms with E-state index in [4.69, 9.17) is 0 Å². The van der Waals surface area contributed by atoms with Crippen molar-refractivity contribution in [1.29, 1.82) is 0 Å². The van der Waals surface area contributed by atoms with Crippen molar-refractivity contribution in [2.45, 2.75) is 25.7 Å². The molecular weight excluding hydrogens is 230 g/mol. The van der Waals surface area contributed by atoms with Crippen molar-refractivity contribution >= 4 is 32.0 Å². The normalized spacial score (nSPS) is 21.5. The SMILES string of the molecule is [Se]C1=C([Se])CCCC1. The van der Waals surface area contributed by atoms with E-state index in [1.807, 2.05) is 0 Å². The molecule has 0 aliphatic heterocycles. The first-order valence-corrected chi connectivity index (χ1v) is 4.58. The van der Waals surface area contributed by atoms with Crippen LogP contribution in [0.15, 0.2) is 8.94 Å². The van der Waals surface area contributed by atoms with Crippen molar-refractivity contribution in [3.8, 4) is 0 Å². The summed E-state index contributed by atoms with van der Waals surface area (Å²) in [5.41, 5.74) is 0. The summed E-state index contributed by atoms with van der Waals surface area (Å²) >= 11 is 6.15. The predicted molar refractivity (Wildman–Crippen MR) is 37.0 cm³/mol. The summed E-state index contributed by atoms with van der Waals surface area (Å²) in [5, 5.41) is 0. The molecule has 0 bridgehead atoms. The van der Waals surface area contributed by atoms with Crippen LogP contribution >= 0.6 is 0 Å². The van der Waals surface area contributed by atoms with Gasteiger partial charge in [-0.05, 0) is 0 Å². The van der Waals surface area contributed by atoms with Crippen LogP contribution in [0, 0.1) is 0 Å². The van der Waals surface area contributed by atoms with Crippen molar-refractivity contribution in [3.63, 3.8) is 0 Å². The van der Waals surface area contributed by atoms with Crippen molar-refractivity contribution in [3.05, 3.63) is 8.94 Å². The second-order valence-electron chi connectivity index (χ2n) is 2.05. The molecule has 0 fully saturated rings. The van der Waals surface area contributed by atoms with Gasteiger partial charge in [0.05, 0.1) is 0 Å². The Morgan fingerprint density at radius 3 is 1.50 bits per heavy atom. The predicted octanol–water partition coefficient (Wildman–Crippen LogP) is 1.11. The second kappa shape index (κ2) is 3.08. The third-order valence-electron chi connectivity index (χ3n) is 1.37. The molecule has 0 spiro atoms. The molecule has 0 unspecified atom stereocenters. The molecule has 2 radical (unpaired) electrons. The summed E-state index contributed by atoms with van der Waals surface area (Å²) in [6.45, 7) is 0. The van der Waals surface area contributed by atoms with E-state index in [1.165, 1.54) is 34.6 Å². The first kappa shape index (κ1) is 6.89. The van der Waals surface area contributed by atoms with Gasteiger partial charge in [0.15, 0.2) is 0 Å². The van der Waals surface area contributed by atoms with E-state index in [9.17, 15) is 0 Å². The molecule has 0 saturated heterocycles. The van der Waals surface area contributed by atoms with Crippen LogP contribution in [0.5, 0.6) is 0 Å². The van der Waals surface area contributed by atoms with Gasteiger partial charge in [0.1, 0.15) is 0 Å². The van der Waals surface area contributed by atoms with Crippen LogP contribution < -0.4 is 0 Å². The summed E-state index contributed by atoms with van der Waals surface area (Å²) < 4.78 is 2.91. The quantitative estimate of drug-likeness (QED) is 0.554. The van der Waals surface area contributed by atoms with Gasteiger partial charge >= 0.3 is 66.7 Å². The molecular formula is C6H8Se2. The fraction of sp³-hybridized carbons (Fsp3) is 0.667. The molecule has 8 heavy (non-hydrogen) atoms. The van der Waals surface area contributed by atoms with E-state index in [0.29, 0.717) is 0 Å². The molecule has 0 saturated carbocycles. The van der Waals surface area contributed by atoms with Crippen LogP contribution in [0.1, 0.15) is 25.7 Å². The van der Waals surface area contributed by atoms with Gasteiger partial charge < -0.3 is 0 Å². The van der Waals surface area contributed by atoms with Crippen LogP contribution in [-0.2, 0) is 0 Å². The number of hydrogen-bond acceptors (Lipinski definition) is 0. The molecule has 1 rings (SSSR count). The fourth-order valence-corrected chi connectivity index (χ4v) is 1.88. The van der Waals surface area contributed by atoms with Gasteiger partial charge in [-0.3, -0.25) is 0 Å². The Hall–Kier alpha value is 0.779. The van der Waals surface area contributed by atoms with Gasteiger partial charge in [-0.25, -0.2) is 0 Å². The Labute approximate surface area is 66.7 Å². The summed E-state index contributed by atoms with van der Waals surface area (Å²) in [7, 11) is 0. The standard InChI is InChI=1S/C6H8Se2/c7-5-3-1-2-4-6(5)8/h1-4H2. The van der Waals surface area contributed by atoms with Gasteiger partial charge in [-0.15, -0.1) is 0 Å². The average Bonchev–Trinajstić information content (AvgIpc) is 1.77. The van der Waals surface area contributed by atoms with Crippen LogP contribution in [0.2, 0.25) is 0 Å². The van der Waals surface area contributed by atoms with Gasteiger partial charge in [0.25, 0.3) is 0 Å². The zero-order chi connectivity index (χ0) is 5.98. The van der Waals surface area contributed by atoms with Crippen LogP contribution in [0.3, 0.4) is 0 Å². The number of rotatable bonds is 0. The van der Waals surface area contributed by atoms with Gasteiger partial charge in [0.2, 0.25) is 0 Å². The molecule has 0 aromatic heterocycles. The van der Waals surface area contributed by atoms with Crippen molar-refractivity contribution in [2.75, 3.05) is 0 Å². The molecule has 44 valence electrons.